The highest BCUT2D eigenvalue weighted by Crippen LogP contribution is 2.54. The van der Waals surface area contributed by atoms with Gasteiger partial charge in [0.1, 0.15) is 5.54 Å². The number of imide groups is 1. The maximum Gasteiger partial charge on any atom is 0.250 e. The van der Waals surface area contributed by atoms with E-state index in [2.05, 4.69) is 21.7 Å². The fourth-order valence-corrected chi connectivity index (χ4v) is 6.27. The number of nitrogens with one attached hydrogen (secondary N) is 3. The summed E-state index contributed by atoms with van der Waals surface area (Å²) in [6, 6.07) is 13.3. The number of hydrogen-bond acceptors (Lipinski definition) is 4. The molecule has 34 heavy (non-hydrogen) atoms. The van der Waals surface area contributed by atoms with Crippen LogP contribution in [0, 0.1) is 18.8 Å². The average molecular weight is 457 g/mol. The molecule has 0 saturated carbocycles. The summed E-state index contributed by atoms with van der Waals surface area (Å²) in [7, 11) is 0. The Kier molecular flexibility index (Phi) is 4.51. The van der Waals surface area contributed by atoms with Gasteiger partial charge in [0.2, 0.25) is 17.7 Å². The zero-order chi connectivity index (χ0) is 23.8. The van der Waals surface area contributed by atoms with Crippen LogP contribution >= 0.6 is 0 Å². The van der Waals surface area contributed by atoms with E-state index in [9.17, 15) is 14.4 Å². The van der Waals surface area contributed by atoms with Crippen molar-refractivity contribution in [1.82, 2.24) is 15.2 Å². The molecule has 7 nitrogen and oxygen atoms in total. The van der Waals surface area contributed by atoms with Gasteiger partial charge in [-0.15, -0.1) is 0 Å². The molecule has 0 aliphatic carbocycles. The molecule has 2 aromatic carbocycles. The fraction of sp³-hybridized carbons (Fsp3) is 0.370. The largest absolute Gasteiger partial charge is 0.361 e. The monoisotopic (exact) mass is 456 g/mol. The maximum atomic E-state index is 13.8. The van der Waals surface area contributed by atoms with Crippen LogP contribution in [0.4, 0.5) is 5.69 Å². The first kappa shape index (κ1) is 21.1. The second-order valence-corrected chi connectivity index (χ2v) is 9.93. The third-order valence-corrected chi connectivity index (χ3v) is 8.05. The quantitative estimate of drug-likeness (QED) is 0.526. The zero-order valence-corrected chi connectivity index (χ0v) is 19.5. The Morgan fingerprint density at radius 3 is 2.68 bits per heavy atom. The van der Waals surface area contributed by atoms with Crippen LogP contribution in [0.2, 0.25) is 0 Å². The molecule has 2 fully saturated rings. The SMILES string of the molecule is CC[C@@H](C)N1C(=O)[C@H]2[C@@H](C1=O)[C@@]1(N[C@@H]2Cc2c[nH]c3ccccc23)C(=O)Nc2ccc(C)cc21. The number of nitrogens with zero attached hydrogens (tertiary/aromatic N) is 1. The van der Waals surface area contributed by atoms with Crippen molar-refractivity contribution in [3.63, 3.8) is 0 Å². The summed E-state index contributed by atoms with van der Waals surface area (Å²) in [5.41, 5.74) is 3.31. The van der Waals surface area contributed by atoms with Crippen molar-refractivity contribution in [1.29, 1.82) is 0 Å². The van der Waals surface area contributed by atoms with Gasteiger partial charge in [0.05, 0.1) is 11.8 Å². The van der Waals surface area contributed by atoms with Crippen LogP contribution in [0.3, 0.4) is 0 Å². The summed E-state index contributed by atoms with van der Waals surface area (Å²) >= 11 is 0. The highest BCUT2D eigenvalue weighted by Gasteiger charge is 2.70. The standard InChI is InChI=1S/C27H28N4O3/c1-4-15(3)31-24(32)22-21(12-16-13-28-19-8-6-5-7-17(16)19)30-27(23(22)25(31)33)18-11-14(2)9-10-20(18)29-26(27)34/h5-11,13,15,21-23,28,30H,4,12H2,1-3H3,(H,29,34)/t15-,21-,22-,23+,27-/m1/s1. The minimum Gasteiger partial charge on any atom is -0.361 e. The van der Waals surface area contributed by atoms with Gasteiger partial charge < -0.3 is 10.3 Å². The van der Waals surface area contributed by atoms with E-state index in [0.29, 0.717) is 18.5 Å². The lowest BCUT2D eigenvalue weighted by molar-refractivity contribution is -0.145. The lowest BCUT2D eigenvalue weighted by atomic mass is 9.76. The second-order valence-electron chi connectivity index (χ2n) is 9.93. The summed E-state index contributed by atoms with van der Waals surface area (Å²) in [6.07, 6.45) is 3.17. The van der Waals surface area contributed by atoms with Gasteiger partial charge in [-0.3, -0.25) is 24.6 Å². The predicted octanol–water partition coefficient (Wildman–Crippen LogP) is 3.24. The van der Waals surface area contributed by atoms with Crippen molar-refractivity contribution in [3.8, 4) is 0 Å². The highest BCUT2D eigenvalue weighted by atomic mass is 16.2. The van der Waals surface area contributed by atoms with Gasteiger partial charge in [-0.25, -0.2) is 0 Å². The summed E-state index contributed by atoms with van der Waals surface area (Å²) in [6.45, 7) is 5.84. The molecule has 7 heteroatoms. The first-order valence-electron chi connectivity index (χ1n) is 12.0. The first-order valence-corrected chi connectivity index (χ1v) is 12.0. The number of carbonyl (C=O) groups is 3. The van der Waals surface area contributed by atoms with E-state index in [-0.39, 0.29) is 29.8 Å². The molecule has 2 saturated heterocycles. The number of benzene rings is 2. The number of hydrogen-bond donors (Lipinski definition) is 3. The summed E-state index contributed by atoms with van der Waals surface area (Å²) < 4.78 is 0. The highest BCUT2D eigenvalue weighted by molar-refractivity contribution is 6.15. The van der Waals surface area contributed by atoms with Gasteiger partial charge in [-0.05, 0) is 44.4 Å². The Balaban J connectivity index is 1.50. The summed E-state index contributed by atoms with van der Waals surface area (Å²) in [5.74, 6) is -2.05. The minimum absolute atomic E-state index is 0.174. The normalized spacial score (nSPS) is 28.6. The number of amides is 3. The molecular weight excluding hydrogens is 428 g/mol. The van der Waals surface area contributed by atoms with E-state index in [1.54, 1.807) is 0 Å². The number of H-pyrrole nitrogens is 1. The molecule has 1 aromatic heterocycles. The van der Waals surface area contributed by atoms with E-state index < -0.39 is 17.4 Å². The molecule has 0 unspecified atom stereocenters. The second kappa shape index (κ2) is 7.27. The molecule has 4 heterocycles. The fourth-order valence-electron chi connectivity index (χ4n) is 6.27. The summed E-state index contributed by atoms with van der Waals surface area (Å²) in [4.78, 5) is 45.9. The van der Waals surface area contributed by atoms with Crippen LogP contribution in [0.5, 0.6) is 0 Å². The molecule has 5 atom stereocenters. The lowest BCUT2D eigenvalue weighted by Gasteiger charge is -2.31. The number of para-hydroxylation sites is 1. The Hall–Kier alpha value is -3.45. The van der Waals surface area contributed by atoms with Crippen molar-refractivity contribution in [2.24, 2.45) is 11.8 Å². The van der Waals surface area contributed by atoms with Crippen LogP contribution < -0.4 is 10.6 Å². The molecule has 174 valence electrons. The Bertz CT molecular complexity index is 1360. The van der Waals surface area contributed by atoms with Crippen LogP contribution in [0.15, 0.2) is 48.7 Å². The molecule has 3 aliphatic heterocycles. The van der Waals surface area contributed by atoms with E-state index in [1.165, 1.54) is 4.90 Å². The van der Waals surface area contributed by atoms with E-state index >= 15 is 0 Å². The van der Waals surface area contributed by atoms with Gasteiger partial charge in [0.25, 0.3) is 0 Å². The molecule has 0 bridgehead atoms. The number of aryl methyl sites for hydroxylation is 1. The number of fused-ring (bicyclic) bond motifs is 5. The molecule has 1 spiro atoms. The van der Waals surface area contributed by atoms with Crippen molar-refractivity contribution < 1.29 is 14.4 Å². The predicted molar refractivity (Wildman–Crippen MR) is 129 cm³/mol. The van der Waals surface area contributed by atoms with E-state index in [4.69, 9.17) is 0 Å². The molecular formula is C27H28N4O3. The topological polar surface area (TPSA) is 94.3 Å². The summed E-state index contributed by atoms with van der Waals surface area (Å²) in [5, 5.41) is 7.62. The number of anilines is 1. The van der Waals surface area contributed by atoms with Gasteiger partial charge in [0.15, 0.2) is 0 Å². The van der Waals surface area contributed by atoms with Gasteiger partial charge >= 0.3 is 0 Å². The average Bonchev–Trinajstić information content (AvgIpc) is 3.53. The third-order valence-electron chi connectivity index (χ3n) is 8.05. The molecule has 6 rings (SSSR count). The van der Waals surface area contributed by atoms with Gasteiger partial charge in [0, 0.05) is 40.4 Å². The molecule has 3 aliphatic rings. The van der Waals surface area contributed by atoms with Crippen LogP contribution in [-0.4, -0.2) is 39.7 Å². The number of carbonyl (C=O) groups excluding carboxylic acids is 3. The van der Waals surface area contributed by atoms with Crippen LogP contribution in [0.1, 0.15) is 37.0 Å². The molecule has 3 amide bonds. The smallest absolute Gasteiger partial charge is 0.250 e. The van der Waals surface area contributed by atoms with Crippen molar-refractivity contribution in [3.05, 3.63) is 65.4 Å². The minimum atomic E-state index is -1.25. The Morgan fingerprint density at radius 2 is 1.88 bits per heavy atom. The number of likely N-dealkylation sites (tertiary alicyclic amines) is 1. The third kappa shape index (κ3) is 2.64. The first-order chi connectivity index (χ1) is 16.4. The van der Waals surface area contributed by atoms with E-state index in [1.807, 2.05) is 63.4 Å². The van der Waals surface area contributed by atoms with Crippen molar-refractivity contribution in [2.75, 3.05) is 5.32 Å². The van der Waals surface area contributed by atoms with Gasteiger partial charge in [-0.2, -0.15) is 0 Å². The van der Waals surface area contributed by atoms with Crippen molar-refractivity contribution >= 4 is 34.3 Å². The number of aromatic amines is 1. The Labute approximate surface area is 197 Å². The molecule has 3 N–H and O–H groups in total. The van der Waals surface area contributed by atoms with Crippen LogP contribution in [-0.2, 0) is 26.3 Å². The molecule has 3 aromatic rings. The Morgan fingerprint density at radius 1 is 1.09 bits per heavy atom. The number of aromatic nitrogens is 1. The van der Waals surface area contributed by atoms with Crippen LogP contribution in [0.25, 0.3) is 10.9 Å². The lowest BCUT2D eigenvalue weighted by Crippen LogP contribution is -2.54. The zero-order valence-electron chi connectivity index (χ0n) is 19.5. The maximum absolute atomic E-state index is 13.8. The number of rotatable bonds is 4. The van der Waals surface area contributed by atoms with Crippen molar-refractivity contribution in [2.45, 2.75) is 51.2 Å². The van der Waals surface area contributed by atoms with Gasteiger partial charge in [-0.1, -0.05) is 42.8 Å². The molecule has 0 radical (unpaired) electrons. The van der Waals surface area contributed by atoms with E-state index in [0.717, 1.165) is 27.6 Å².